The van der Waals surface area contributed by atoms with Gasteiger partial charge in [0.15, 0.2) is 0 Å². The zero-order valence-corrected chi connectivity index (χ0v) is 6.98. The van der Waals surface area contributed by atoms with Crippen LogP contribution >= 0.6 is 15.9 Å². The van der Waals surface area contributed by atoms with Crippen LogP contribution in [0, 0.1) is 0 Å². The number of hydrogen-bond donors (Lipinski definition) is 1. The summed E-state index contributed by atoms with van der Waals surface area (Å²) < 4.78 is 24.3. The molecule has 0 fully saturated rings. The Hall–Kier alpha value is -0.710. The van der Waals surface area contributed by atoms with Crippen molar-refractivity contribution in [1.29, 1.82) is 0 Å². The van der Waals surface area contributed by atoms with Gasteiger partial charge in [-0.1, -0.05) is 0 Å². The summed E-state index contributed by atoms with van der Waals surface area (Å²) in [6.45, 7) is 0. The van der Waals surface area contributed by atoms with Gasteiger partial charge < -0.3 is 5.73 Å². The van der Waals surface area contributed by atoms with Gasteiger partial charge in [0, 0.05) is 4.47 Å². The normalized spacial score (nSPS) is 10.5. The number of rotatable bonds is 1. The summed E-state index contributed by atoms with van der Waals surface area (Å²) in [5, 5.41) is 0. The SMILES string of the molecule is Nc1cnc(C(F)F)c(Br)c1. The van der Waals surface area contributed by atoms with Crippen LogP contribution in [0.2, 0.25) is 0 Å². The minimum atomic E-state index is -2.56. The van der Waals surface area contributed by atoms with Crippen molar-refractivity contribution in [2.45, 2.75) is 6.43 Å². The molecule has 0 saturated carbocycles. The highest BCUT2D eigenvalue weighted by Crippen LogP contribution is 2.25. The number of hydrogen-bond acceptors (Lipinski definition) is 2. The Kier molecular flexibility index (Phi) is 2.38. The monoisotopic (exact) mass is 222 g/mol. The smallest absolute Gasteiger partial charge is 0.281 e. The van der Waals surface area contributed by atoms with Crippen LogP contribution in [0.15, 0.2) is 16.7 Å². The van der Waals surface area contributed by atoms with E-state index in [0.29, 0.717) is 5.69 Å². The highest BCUT2D eigenvalue weighted by Gasteiger charge is 2.12. The highest BCUT2D eigenvalue weighted by molar-refractivity contribution is 9.10. The summed E-state index contributed by atoms with van der Waals surface area (Å²) in [7, 11) is 0. The third kappa shape index (κ3) is 1.86. The molecule has 0 amide bonds. The third-order valence-electron chi connectivity index (χ3n) is 1.10. The van der Waals surface area contributed by atoms with Crippen molar-refractivity contribution in [2.75, 3.05) is 5.73 Å². The maximum absolute atomic E-state index is 12.0. The van der Waals surface area contributed by atoms with E-state index >= 15 is 0 Å². The predicted molar refractivity (Wildman–Crippen MR) is 41.3 cm³/mol. The largest absolute Gasteiger partial charge is 0.397 e. The zero-order chi connectivity index (χ0) is 8.43. The molecule has 2 N–H and O–H groups in total. The molecule has 0 unspecified atom stereocenters. The summed E-state index contributed by atoms with van der Waals surface area (Å²) in [5.74, 6) is 0. The summed E-state index contributed by atoms with van der Waals surface area (Å²) in [5.41, 5.74) is 5.37. The Balaban J connectivity index is 3.09. The molecule has 1 aromatic heterocycles. The van der Waals surface area contributed by atoms with E-state index in [-0.39, 0.29) is 10.2 Å². The predicted octanol–water partition coefficient (Wildman–Crippen LogP) is 2.36. The summed E-state index contributed by atoms with van der Waals surface area (Å²) in [6, 6.07) is 1.40. The van der Waals surface area contributed by atoms with Crippen LogP contribution < -0.4 is 5.73 Å². The van der Waals surface area contributed by atoms with Gasteiger partial charge in [-0.3, -0.25) is 4.98 Å². The summed E-state index contributed by atoms with van der Waals surface area (Å²) in [4.78, 5) is 3.46. The third-order valence-corrected chi connectivity index (χ3v) is 1.73. The molecule has 11 heavy (non-hydrogen) atoms. The summed E-state index contributed by atoms with van der Waals surface area (Å²) >= 11 is 2.93. The van der Waals surface area contributed by atoms with E-state index in [0.717, 1.165) is 0 Å². The second kappa shape index (κ2) is 3.13. The van der Waals surface area contributed by atoms with Crippen LogP contribution in [0.5, 0.6) is 0 Å². The van der Waals surface area contributed by atoms with Gasteiger partial charge in [-0.15, -0.1) is 0 Å². The van der Waals surface area contributed by atoms with E-state index in [1.54, 1.807) is 0 Å². The standard InChI is InChI=1S/C6H5BrF2N2/c7-4-1-3(10)2-11-5(4)6(8)9/h1-2,6H,10H2. The van der Waals surface area contributed by atoms with Crippen molar-refractivity contribution in [2.24, 2.45) is 0 Å². The van der Waals surface area contributed by atoms with Gasteiger partial charge in [0.1, 0.15) is 5.69 Å². The fourth-order valence-corrected chi connectivity index (χ4v) is 1.16. The Morgan fingerprint density at radius 1 is 1.55 bits per heavy atom. The molecule has 0 aromatic carbocycles. The maximum Gasteiger partial charge on any atom is 0.281 e. The molecule has 0 bridgehead atoms. The first-order chi connectivity index (χ1) is 5.11. The van der Waals surface area contributed by atoms with Crippen molar-refractivity contribution >= 4 is 21.6 Å². The number of aromatic nitrogens is 1. The van der Waals surface area contributed by atoms with Crippen molar-refractivity contribution < 1.29 is 8.78 Å². The number of nitrogens with zero attached hydrogens (tertiary/aromatic N) is 1. The number of alkyl halides is 2. The Bertz CT molecular complexity index is 265. The number of nitrogens with two attached hydrogens (primary N) is 1. The molecule has 1 rings (SSSR count). The molecular formula is C6H5BrF2N2. The van der Waals surface area contributed by atoms with Crippen molar-refractivity contribution in [3.63, 3.8) is 0 Å². The molecule has 0 atom stereocenters. The van der Waals surface area contributed by atoms with Crippen molar-refractivity contribution in [3.8, 4) is 0 Å². The van der Waals surface area contributed by atoms with E-state index in [2.05, 4.69) is 20.9 Å². The van der Waals surface area contributed by atoms with Crippen LogP contribution in [0.3, 0.4) is 0 Å². The molecule has 0 aliphatic carbocycles. The van der Waals surface area contributed by atoms with Gasteiger partial charge in [0.25, 0.3) is 6.43 Å². The van der Waals surface area contributed by atoms with Crippen LogP contribution in [0.1, 0.15) is 12.1 Å². The number of pyridine rings is 1. The van der Waals surface area contributed by atoms with Crippen LogP contribution in [0.4, 0.5) is 14.5 Å². The van der Waals surface area contributed by atoms with Crippen molar-refractivity contribution in [1.82, 2.24) is 4.98 Å². The Morgan fingerprint density at radius 2 is 2.18 bits per heavy atom. The molecule has 2 nitrogen and oxygen atoms in total. The Labute approximate surface area is 70.6 Å². The van der Waals surface area contributed by atoms with Gasteiger partial charge in [-0.2, -0.15) is 0 Å². The van der Waals surface area contributed by atoms with Gasteiger partial charge in [0.2, 0.25) is 0 Å². The average Bonchev–Trinajstić information content (AvgIpc) is 1.85. The van der Waals surface area contributed by atoms with Crippen LogP contribution in [0.25, 0.3) is 0 Å². The molecule has 1 aromatic rings. The molecule has 0 radical (unpaired) electrons. The van der Waals surface area contributed by atoms with E-state index in [4.69, 9.17) is 5.73 Å². The molecule has 0 aliphatic rings. The zero-order valence-electron chi connectivity index (χ0n) is 5.39. The molecule has 0 saturated heterocycles. The maximum atomic E-state index is 12.0. The van der Waals surface area contributed by atoms with Gasteiger partial charge in [0.05, 0.1) is 11.9 Å². The highest BCUT2D eigenvalue weighted by atomic mass is 79.9. The van der Waals surface area contributed by atoms with Crippen LogP contribution in [-0.4, -0.2) is 4.98 Å². The number of halogens is 3. The minimum absolute atomic E-state index is 0.243. The first-order valence-corrected chi connectivity index (χ1v) is 3.59. The van der Waals surface area contributed by atoms with E-state index in [9.17, 15) is 8.78 Å². The molecule has 1 heterocycles. The van der Waals surface area contributed by atoms with Gasteiger partial charge in [-0.25, -0.2) is 8.78 Å². The van der Waals surface area contributed by atoms with E-state index < -0.39 is 6.43 Å². The lowest BCUT2D eigenvalue weighted by atomic mass is 10.3. The molecule has 60 valence electrons. The summed E-state index contributed by atoms with van der Waals surface area (Å²) in [6.07, 6.45) is -1.36. The van der Waals surface area contributed by atoms with Crippen LogP contribution in [-0.2, 0) is 0 Å². The second-order valence-corrected chi connectivity index (χ2v) is 2.79. The Morgan fingerprint density at radius 3 is 2.64 bits per heavy atom. The topological polar surface area (TPSA) is 38.9 Å². The molecule has 0 aliphatic heterocycles. The minimum Gasteiger partial charge on any atom is -0.397 e. The average molecular weight is 223 g/mol. The fraction of sp³-hybridized carbons (Fsp3) is 0.167. The molecular weight excluding hydrogens is 218 g/mol. The first kappa shape index (κ1) is 8.39. The fourth-order valence-electron chi connectivity index (χ4n) is 0.624. The molecule has 0 spiro atoms. The lowest BCUT2D eigenvalue weighted by Crippen LogP contribution is -1.94. The van der Waals surface area contributed by atoms with E-state index in [1.165, 1.54) is 12.3 Å². The van der Waals surface area contributed by atoms with Crippen molar-refractivity contribution in [3.05, 3.63) is 22.4 Å². The first-order valence-electron chi connectivity index (χ1n) is 2.80. The number of nitrogen functional groups attached to an aromatic ring is 1. The van der Waals surface area contributed by atoms with Gasteiger partial charge >= 0.3 is 0 Å². The number of anilines is 1. The second-order valence-electron chi connectivity index (χ2n) is 1.94. The quantitative estimate of drug-likeness (QED) is 0.793. The molecule has 5 heteroatoms. The lowest BCUT2D eigenvalue weighted by molar-refractivity contribution is 0.145. The van der Waals surface area contributed by atoms with E-state index in [1.807, 2.05) is 0 Å². The van der Waals surface area contributed by atoms with Gasteiger partial charge in [-0.05, 0) is 22.0 Å². The lowest BCUT2D eigenvalue weighted by Gasteiger charge is -2.01.